The molecule has 94 valence electrons. The van der Waals surface area contributed by atoms with Gasteiger partial charge in [-0.3, -0.25) is 4.79 Å². The number of halogens is 2. The van der Waals surface area contributed by atoms with Gasteiger partial charge in [0.15, 0.2) is 0 Å². The van der Waals surface area contributed by atoms with Gasteiger partial charge in [-0.1, -0.05) is 15.9 Å². The number of benzene rings is 1. The molecule has 0 aliphatic carbocycles. The molecular weight excluding hydrogens is 321 g/mol. The highest BCUT2D eigenvalue weighted by Gasteiger charge is 2.10. The SMILES string of the molecule is O=C(O)CCc1csc(-c2ccc(Br)cc2F)n1. The van der Waals surface area contributed by atoms with Crippen LogP contribution in [-0.2, 0) is 11.2 Å². The molecule has 1 aromatic heterocycles. The first-order valence-corrected chi connectivity index (χ1v) is 6.85. The van der Waals surface area contributed by atoms with Gasteiger partial charge in [-0.2, -0.15) is 0 Å². The van der Waals surface area contributed by atoms with E-state index in [2.05, 4.69) is 20.9 Å². The van der Waals surface area contributed by atoms with Crippen LogP contribution < -0.4 is 0 Å². The number of aromatic nitrogens is 1. The third kappa shape index (κ3) is 3.14. The Morgan fingerprint density at radius 3 is 2.94 bits per heavy atom. The molecule has 0 aliphatic rings. The second-order valence-corrected chi connectivity index (χ2v) is 5.44. The molecule has 18 heavy (non-hydrogen) atoms. The first-order valence-electron chi connectivity index (χ1n) is 5.18. The van der Waals surface area contributed by atoms with E-state index in [0.717, 1.165) is 0 Å². The highest BCUT2D eigenvalue weighted by Crippen LogP contribution is 2.28. The molecule has 0 amide bonds. The van der Waals surface area contributed by atoms with Crippen LogP contribution >= 0.6 is 27.3 Å². The summed E-state index contributed by atoms with van der Waals surface area (Å²) in [5.41, 5.74) is 1.12. The van der Waals surface area contributed by atoms with Gasteiger partial charge in [0.1, 0.15) is 10.8 Å². The van der Waals surface area contributed by atoms with E-state index in [4.69, 9.17) is 5.11 Å². The third-order valence-corrected chi connectivity index (χ3v) is 3.73. The molecule has 0 bridgehead atoms. The molecule has 0 saturated carbocycles. The van der Waals surface area contributed by atoms with Gasteiger partial charge in [0.05, 0.1) is 12.1 Å². The van der Waals surface area contributed by atoms with Gasteiger partial charge < -0.3 is 5.11 Å². The molecule has 0 spiro atoms. The lowest BCUT2D eigenvalue weighted by Gasteiger charge is -1.99. The number of aryl methyl sites for hydroxylation is 1. The summed E-state index contributed by atoms with van der Waals surface area (Å²) in [6.45, 7) is 0. The molecule has 0 fully saturated rings. The van der Waals surface area contributed by atoms with Crippen LogP contribution in [0.2, 0.25) is 0 Å². The minimum absolute atomic E-state index is 0.0337. The second kappa shape index (κ2) is 5.58. The summed E-state index contributed by atoms with van der Waals surface area (Å²) in [6.07, 6.45) is 0.399. The second-order valence-electron chi connectivity index (χ2n) is 3.66. The van der Waals surface area contributed by atoms with E-state index < -0.39 is 5.97 Å². The Morgan fingerprint density at radius 1 is 1.50 bits per heavy atom. The van der Waals surface area contributed by atoms with E-state index in [9.17, 15) is 9.18 Å². The van der Waals surface area contributed by atoms with Crippen LogP contribution in [0.3, 0.4) is 0 Å². The van der Waals surface area contributed by atoms with Crippen molar-refractivity contribution in [3.8, 4) is 10.6 Å². The Hall–Kier alpha value is -1.27. The maximum Gasteiger partial charge on any atom is 0.303 e. The fraction of sp³-hybridized carbons (Fsp3) is 0.167. The Bertz CT molecular complexity index is 585. The van der Waals surface area contributed by atoms with Crippen LogP contribution in [0.15, 0.2) is 28.1 Å². The van der Waals surface area contributed by atoms with E-state index in [1.165, 1.54) is 17.4 Å². The number of thiazole rings is 1. The van der Waals surface area contributed by atoms with E-state index in [1.807, 2.05) is 0 Å². The zero-order valence-corrected chi connectivity index (χ0v) is 11.6. The molecule has 6 heteroatoms. The summed E-state index contributed by atoms with van der Waals surface area (Å²) >= 11 is 4.51. The molecule has 0 unspecified atom stereocenters. The van der Waals surface area contributed by atoms with Crippen LogP contribution in [0.1, 0.15) is 12.1 Å². The Balaban J connectivity index is 2.21. The van der Waals surface area contributed by atoms with Gasteiger partial charge >= 0.3 is 5.97 Å². The van der Waals surface area contributed by atoms with Gasteiger partial charge in [0.2, 0.25) is 0 Å². The Kier molecular flexibility index (Phi) is 4.08. The van der Waals surface area contributed by atoms with Crippen molar-refractivity contribution in [1.82, 2.24) is 4.98 Å². The van der Waals surface area contributed by atoms with Crippen LogP contribution in [0, 0.1) is 5.82 Å². The summed E-state index contributed by atoms with van der Waals surface area (Å²) < 4.78 is 14.4. The fourth-order valence-electron chi connectivity index (χ4n) is 1.44. The van der Waals surface area contributed by atoms with Gasteiger partial charge in [0, 0.05) is 21.8 Å². The minimum atomic E-state index is -0.862. The van der Waals surface area contributed by atoms with Gasteiger partial charge in [-0.05, 0) is 18.2 Å². The lowest BCUT2D eigenvalue weighted by atomic mass is 10.2. The van der Waals surface area contributed by atoms with E-state index >= 15 is 0 Å². The van der Waals surface area contributed by atoms with Crippen molar-refractivity contribution in [2.45, 2.75) is 12.8 Å². The standard InChI is InChI=1S/C12H9BrFNO2S/c13-7-1-3-9(10(14)5-7)12-15-8(6-18-12)2-4-11(16)17/h1,3,5-6H,2,4H2,(H,16,17). The number of nitrogens with zero attached hydrogens (tertiary/aromatic N) is 1. The quantitative estimate of drug-likeness (QED) is 0.929. The lowest BCUT2D eigenvalue weighted by molar-refractivity contribution is -0.136. The normalized spacial score (nSPS) is 10.6. The van der Waals surface area contributed by atoms with Crippen molar-refractivity contribution in [2.24, 2.45) is 0 Å². The maximum absolute atomic E-state index is 13.7. The zero-order valence-electron chi connectivity index (χ0n) is 9.19. The smallest absolute Gasteiger partial charge is 0.303 e. The minimum Gasteiger partial charge on any atom is -0.481 e. The average molecular weight is 330 g/mol. The van der Waals surface area contributed by atoms with Crippen molar-refractivity contribution >= 4 is 33.2 Å². The van der Waals surface area contributed by atoms with Crippen LogP contribution in [0.4, 0.5) is 4.39 Å². The van der Waals surface area contributed by atoms with Crippen LogP contribution in [0.5, 0.6) is 0 Å². The van der Waals surface area contributed by atoms with E-state index in [-0.39, 0.29) is 12.2 Å². The summed E-state index contributed by atoms with van der Waals surface area (Å²) in [5, 5.41) is 10.9. The number of carboxylic acid groups (broad SMARTS) is 1. The zero-order chi connectivity index (χ0) is 13.1. The number of hydrogen-bond acceptors (Lipinski definition) is 3. The van der Waals surface area contributed by atoms with Gasteiger partial charge in [0.25, 0.3) is 0 Å². The number of hydrogen-bond donors (Lipinski definition) is 1. The molecule has 0 saturated heterocycles. The lowest BCUT2D eigenvalue weighted by Crippen LogP contribution is -1.97. The summed E-state index contributed by atoms with van der Waals surface area (Å²) in [4.78, 5) is 14.7. The molecule has 2 aromatic rings. The van der Waals surface area contributed by atoms with Crippen molar-refractivity contribution in [3.05, 3.63) is 39.6 Å². The van der Waals surface area contributed by atoms with Crippen LogP contribution in [0.25, 0.3) is 10.6 Å². The molecule has 2 rings (SSSR count). The largest absolute Gasteiger partial charge is 0.481 e. The topological polar surface area (TPSA) is 50.2 Å². The number of aliphatic carboxylic acids is 1. The van der Waals surface area contributed by atoms with Crippen molar-refractivity contribution in [2.75, 3.05) is 0 Å². The molecule has 0 aliphatic heterocycles. The third-order valence-electron chi connectivity index (χ3n) is 2.31. The average Bonchev–Trinajstić information content (AvgIpc) is 2.75. The highest BCUT2D eigenvalue weighted by molar-refractivity contribution is 9.10. The van der Waals surface area contributed by atoms with Crippen LogP contribution in [-0.4, -0.2) is 16.1 Å². The fourth-order valence-corrected chi connectivity index (χ4v) is 2.66. The van der Waals surface area contributed by atoms with Crippen molar-refractivity contribution in [3.63, 3.8) is 0 Å². The molecule has 1 heterocycles. The predicted molar refractivity (Wildman–Crippen MR) is 71.2 cm³/mol. The molecule has 1 aromatic carbocycles. The van der Waals surface area contributed by atoms with Gasteiger partial charge in [-0.15, -0.1) is 11.3 Å². The summed E-state index contributed by atoms with van der Waals surface area (Å²) in [5.74, 6) is -1.21. The van der Waals surface area contributed by atoms with Crippen molar-refractivity contribution in [1.29, 1.82) is 0 Å². The number of rotatable bonds is 4. The number of carboxylic acids is 1. The Labute approximate surface area is 115 Å². The molecule has 0 atom stereocenters. The summed E-state index contributed by atoms with van der Waals surface area (Å²) in [7, 11) is 0. The van der Waals surface area contributed by atoms with E-state index in [0.29, 0.717) is 27.2 Å². The Morgan fingerprint density at radius 2 is 2.28 bits per heavy atom. The van der Waals surface area contributed by atoms with Gasteiger partial charge in [-0.25, -0.2) is 9.37 Å². The highest BCUT2D eigenvalue weighted by atomic mass is 79.9. The molecular formula is C12H9BrFNO2S. The first-order chi connectivity index (χ1) is 8.56. The monoisotopic (exact) mass is 329 g/mol. The molecule has 3 nitrogen and oxygen atoms in total. The molecule has 1 N–H and O–H groups in total. The maximum atomic E-state index is 13.7. The predicted octanol–water partition coefficient (Wildman–Crippen LogP) is 3.73. The number of carbonyl (C=O) groups is 1. The van der Waals surface area contributed by atoms with Crippen molar-refractivity contribution < 1.29 is 14.3 Å². The molecule has 0 radical (unpaired) electrons. The van der Waals surface area contributed by atoms with E-state index in [1.54, 1.807) is 17.5 Å². The summed E-state index contributed by atoms with van der Waals surface area (Å²) in [6, 6.07) is 4.78. The first kappa shape index (κ1) is 13.2.